The summed E-state index contributed by atoms with van der Waals surface area (Å²) in [5.41, 5.74) is 1.49. The minimum absolute atomic E-state index is 0.0432. The van der Waals surface area contributed by atoms with E-state index < -0.39 is 11.6 Å². The number of aryl methyl sites for hydroxylation is 1. The molecule has 0 aliphatic rings. The zero-order chi connectivity index (χ0) is 14.6. The van der Waals surface area contributed by atoms with Crippen molar-refractivity contribution in [3.05, 3.63) is 35.4 Å². The fourth-order valence-electron chi connectivity index (χ4n) is 2.33. The van der Waals surface area contributed by atoms with Gasteiger partial charge in [-0.15, -0.1) is 0 Å². The normalized spacial score (nSPS) is 13.1. The van der Waals surface area contributed by atoms with Crippen LogP contribution in [0.4, 0.5) is 4.79 Å². The van der Waals surface area contributed by atoms with E-state index in [-0.39, 0.29) is 12.6 Å². The van der Waals surface area contributed by atoms with Crippen molar-refractivity contribution in [2.45, 2.75) is 45.7 Å². The van der Waals surface area contributed by atoms with E-state index >= 15 is 0 Å². The Balaban J connectivity index is 3.21. The topological polar surface area (TPSA) is 60.8 Å². The monoisotopic (exact) mass is 265 g/mol. The molecule has 0 aromatic heterocycles. The summed E-state index contributed by atoms with van der Waals surface area (Å²) < 4.78 is 0. The highest BCUT2D eigenvalue weighted by Crippen LogP contribution is 2.31. The van der Waals surface area contributed by atoms with Gasteiger partial charge in [0.05, 0.1) is 6.04 Å². The van der Waals surface area contributed by atoms with Crippen LogP contribution in [0.1, 0.15) is 44.4 Å². The molecule has 0 spiro atoms. The van der Waals surface area contributed by atoms with E-state index in [0.717, 1.165) is 11.1 Å². The maximum atomic E-state index is 11.6. The van der Waals surface area contributed by atoms with Crippen LogP contribution in [0.5, 0.6) is 0 Å². The largest absolute Gasteiger partial charge is 0.465 e. The molecule has 2 N–H and O–H groups in total. The van der Waals surface area contributed by atoms with Crippen LogP contribution >= 0.6 is 0 Å². The summed E-state index contributed by atoms with van der Waals surface area (Å²) in [6.45, 7) is 7.52. The molecule has 0 saturated heterocycles. The van der Waals surface area contributed by atoms with Gasteiger partial charge in [-0.1, -0.05) is 29.8 Å². The summed E-state index contributed by atoms with van der Waals surface area (Å²) in [4.78, 5) is 13.0. The Morgan fingerprint density at radius 1 is 1.37 bits per heavy atom. The molecule has 1 unspecified atom stereocenters. The summed E-state index contributed by atoms with van der Waals surface area (Å²) in [7, 11) is 0. The Morgan fingerprint density at radius 3 is 2.42 bits per heavy atom. The molecule has 19 heavy (non-hydrogen) atoms. The van der Waals surface area contributed by atoms with Gasteiger partial charge in [0.1, 0.15) is 0 Å². The average molecular weight is 265 g/mol. The van der Waals surface area contributed by atoms with Gasteiger partial charge >= 0.3 is 6.09 Å². The number of carboxylic acid groups (broad SMARTS) is 1. The number of hydrogen-bond donors (Lipinski definition) is 2. The second-order valence-corrected chi connectivity index (χ2v) is 5.77. The van der Waals surface area contributed by atoms with Crippen LogP contribution in [0, 0.1) is 6.92 Å². The third-order valence-corrected chi connectivity index (χ3v) is 3.07. The molecular weight excluding hydrogens is 242 g/mol. The third-order valence-electron chi connectivity index (χ3n) is 3.07. The lowest BCUT2D eigenvalue weighted by molar-refractivity contribution is 0.0601. The lowest BCUT2D eigenvalue weighted by atomic mass is 9.95. The Hall–Kier alpha value is -1.55. The molecule has 0 radical (unpaired) electrons. The third kappa shape index (κ3) is 3.96. The Bertz CT molecular complexity index is 437. The van der Waals surface area contributed by atoms with E-state index in [0.29, 0.717) is 6.42 Å². The summed E-state index contributed by atoms with van der Waals surface area (Å²) in [5, 5.41) is 18.7. The van der Waals surface area contributed by atoms with Crippen LogP contribution in [-0.4, -0.2) is 33.4 Å². The fraction of sp³-hybridized carbons (Fsp3) is 0.533. The van der Waals surface area contributed by atoms with Gasteiger partial charge in [0, 0.05) is 12.1 Å². The van der Waals surface area contributed by atoms with E-state index in [1.165, 1.54) is 4.90 Å². The van der Waals surface area contributed by atoms with Crippen molar-refractivity contribution in [1.82, 2.24) is 4.90 Å². The standard InChI is InChI=1S/C15H23NO3/c1-11-6-5-7-12(10-11)13(8-9-17)16(14(18)19)15(2,3)4/h5-7,10,13,17H,8-9H2,1-4H3,(H,18,19). The van der Waals surface area contributed by atoms with Crippen LogP contribution in [0.2, 0.25) is 0 Å². The van der Waals surface area contributed by atoms with Crippen LogP contribution < -0.4 is 0 Å². The highest BCUT2D eigenvalue weighted by Gasteiger charge is 2.33. The zero-order valence-electron chi connectivity index (χ0n) is 12.1. The molecule has 0 saturated carbocycles. The van der Waals surface area contributed by atoms with Crippen LogP contribution in [0.3, 0.4) is 0 Å². The van der Waals surface area contributed by atoms with Gasteiger partial charge in [0.2, 0.25) is 0 Å². The van der Waals surface area contributed by atoms with Gasteiger partial charge < -0.3 is 10.2 Å². The predicted octanol–water partition coefficient (Wildman–Crippen LogP) is 3.20. The van der Waals surface area contributed by atoms with Crippen molar-refractivity contribution in [2.24, 2.45) is 0 Å². The van der Waals surface area contributed by atoms with E-state index in [4.69, 9.17) is 0 Å². The predicted molar refractivity (Wildman–Crippen MR) is 75.2 cm³/mol. The fourth-order valence-corrected chi connectivity index (χ4v) is 2.33. The highest BCUT2D eigenvalue weighted by molar-refractivity contribution is 5.67. The molecule has 1 amide bonds. The molecule has 0 aliphatic heterocycles. The van der Waals surface area contributed by atoms with E-state index in [1.54, 1.807) is 0 Å². The van der Waals surface area contributed by atoms with Crippen molar-refractivity contribution in [2.75, 3.05) is 6.61 Å². The van der Waals surface area contributed by atoms with Gasteiger partial charge in [-0.3, -0.25) is 4.90 Å². The lowest BCUT2D eigenvalue weighted by Crippen LogP contribution is -2.47. The second kappa shape index (κ2) is 6.06. The lowest BCUT2D eigenvalue weighted by Gasteiger charge is -2.40. The number of nitrogens with zero attached hydrogens (tertiary/aromatic N) is 1. The number of aliphatic hydroxyl groups excluding tert-OH is 1. The van der Waals surface area contributed by atoms with Gasteiger partial charge in [-0.05, 0) is 39.7 Å². The minimum atomic E-state index is -0.965. The minimum Gasteiger partial charge on any atom is -0.465 e. The van der Waals surface area contributed by atoms with Gasteiger partial charge in [-0.2, -0.15) is 0 Å². The van der Waals surface area contributed by atoms with Crippen molar-refractivity contribution < 1.29 is 15.0 Å². The van der Waals surface area contributed by atoms with Crippen molar-refractivity contribution in [1.29, 1.82) is 0 Å². The van der Waals surface area contributed by atoms with Crippen LogP contribution in [0.15, 0.2) is 24.3 Å². The van der Waals surface area contributed by atoms with Crippen LogP contribution in [-0.2, 0) is 0 Å². The maximum absolute atomic E-state index is 11.6. The maximum Gasteiger partial charge on any atom is 0.408 e. The molecule has 1 atom stereocenters. The van der Waals surface area contributed by atoms with E-state index in [1.807, 2.05) is 52.0 Å². The summed E-state index contributed by atoms with van der Waals surface area (Å²) in [6.07, 6.45) is -0.569. The van der Waals surface area contributed by atoms with Crippen LogP contribution in [0.25, 0.3) is 0 Å². The van der Waals surface area contributed by atoms with Crippen molar-refractivity contribution in [3.63, 3.8) is 0 Å². The van der Waals surface area contributed by atoms with Gasteiger partial charge in [0.15, 0.2) is 0 Å². The number of aliphatic hydroxyl groups is 1. The molecule has 1 aromatic rings. The zero-order valence-corrected chi connectivity index (χ0v) is 12.1. The van der Waals surface area contributed by atoms with E-state index in [9.17, 15) is 15.0 Å². The summed E-state index contributed by atoms with van der Waals surface area (Å²) >= 11 is 0. The molecule has 0 bridgehead atoms. The molecule has 1 aromatic carbocycles. The molecule has 106 valence electrons. The molecule has 1 rings (SSSR count). The number of rotatable bonds is 4. The summed E-state index contributed by atoms with van der Waals surface area (Å²) in [6, 6.07) is 7.44. The highest BCUT2D eigenvalue weighted by atomic mass is 16.4. The molecule has 0 fully saturated rings. The smallest absolute Gasteiger partial charge is 0.408 e. The molecular formula is C15H23NO3. The Kier molecular flexibility index (Phi) is 4.95. The number of amides is 1. The first-order chi connectivity index (χ1) is 8.77. The SMILES string of the molecule is Cc1cccc(C(CCO)N(C(=O)O)C(C)(C)C)c1. The summed E-state index contributed by atoms with van der Waals surface area (Å²) in [5.74, 6) is 0. The second-order valence-electron chi connectivity index (χ2n) is 5.77. The molecule has 4 nitrogen and oxygen atoms in total. The number of carbonyl (C=O) groups is 1. The molecule has 0 aliphatic carbocycles. The first-order valence-electron chi connectivity index (χ1n) is 6.47. The average Bonchev–Trinajstić information content (AvgIpc) is 2.26. The van der Waals surface area contributed by atoms with Gasteiger partial charge in [0.25, 0.3) is 0 Å². The first kappa shape index (κ1) is 15.5. The van der Waals surface area contributed by atoms with Gasteiger partial charge in [-0.25, -0.2) is 4.79 Å². The molecule has 0 heterocycles. The quantitative estimate of drug-likeness (QED) is 0.878. The Morgan fingerprint density at radius 2 is 2.00 bits per heavy atom. The van der Waals surface area contributed by atoms with Crippen molar-refractivity contribution in [3.8, 4) is 0 Å². The van der Waals surface area contributed by atoms with Crippen molar-refractivity contribution >= 4 is 6.09 Å². The Labute approximate surface area is 114 Å². The molecule has 4 heteroatoms. The van der Waals surface area contributed by atoms with E-state index in [2.05, 4.69) is 0 Å². The number of benzene rings is 1. The first-order valence-corrected chi connectivity index (χ1v) is 6.47. The number of hydrogen-bond acceptors (Lipinski definition) is 2.